The quantitative estimate of drug-likeness (QED) is 0.670. The van der Waals surface area contributed by atoms with E-state index >= 15 is 0 Å². The zero-order valence-corrected chi connectivity index (χ0v) is 13.3. The Bertz CT molecular complexity index is 683. The third-order valence-electron chi connectivity index (χ3n) is 3.79. The van der Waals surface area contributed by atoms with Crippen molar-refractivity contribution in [1.82, 2.24) is 0 Å². The first kappa shape index (κ1) is 14.5. The van der Waals surface area contributed by atoms with E-state index in [-0.39, 0.29) is 0 Å². The summed E-state index contributed by atoms with van der Waals surface area (Å²) in [5, 5.41) is 2.73. The normalized spacial score (nSPS) is 11.5. The molecule has 0 N–H and O–H groups in total. The largest absolute Gasteiger partial charge is 0.384 e. The molecule has 3 rings (SSSR count). The van der Waals surface area contributed by atoms with Crippen LogP contribution in [0.2, 0.25) is 0 Å². The second-order valence-electron chi connectivity index (χ2n) is 5.25. The van der Waals surface area contributed by atoms with E-state index in [1.165, 1.54) is 31.3 Å². The molecule has 0 aliphatic rings. The Balaban J connectivity index is 2.03. The predicted molar refractivity (Wildman–Crippen MR) is 90.5 cm³/mol. The molecule has 0 bridgehead atoms. The van der Waals surface area contributed by atoms with Gasteiger partial charge in [0.2, 0.25) is 0 Å². The number of rotatable bonds is 6. The molecule has 0 unspecified atom stereocenters. The summed E-state index contributed by atoms with van der Waals surface area (Å²) in [7, 11) is 3.50. The Morgan fingerprint density at radius 2 is 1.24 bits per heavy atom. The lowest BCUT2D eigenvalue weighted by atomic mass is 10.0. The van der Waals surface area contributed by atoms with Crippen LogP contribution < -0.4 is 0 Å². The average Bonchev–Trinajstić information content (AvgIpc) is 2.88. The summed E-state index contributed by atoms with van der Waals surface area (Å²) in [5.74, 6) is 0. The molecule has 0 amide bonds. The Hall–Kier alpha value is -1.42. The highest BCUT2D eigenvalue weighted by Crippen LogP contribution is 2.35. The Labute approximate surface area is 129 Å². The molecule has 2 aromatic carbocycles. The molecule has 0 fully saturated rings. The molecular formula is C18H20O2S. The van der Waals surface area contributed by atoms with Crippen molar-refractivity contribution in [3.05, 3.63) is 47.5 Å². The summed E-state index contributed by atoms with van der Waals surface area (Å²) in [5.41, 5.74) is 2.68. The third-order valence-corrected chi connectivity index (χ3v) is 4.94. The standard InChI is InChI=1S/C18H20O2S/c1-19-9-7-13-3-5-17-15(11-13)16-12-14(8-10-20-2)4-6-18(16)21-17/h3-6,11-12H,7-10H2,1-2H3. The van der Waals surface area contributed by atoms with Gasteiger partial charge in [0, 0.05) is 34.4 Å². The van der Waals surface area contributed by atoms with E-state index in [0.29, 0.717) is 0 Å². The third kappa shape index (κ3) is 3.10. The fourth-order valence-electron chi connectivity index (χ4n) is 2.62. The number of hydrogen-bond donors (Lipinski definition) is 0. The molecule has 1 aromatic heterocycles. The van der Waals surface area contributed by atoms with Gasteiger partial charge in [0.25, 0.3) is 0 Å². The van der Waals surface area contributed by atoms with Crippen molar-refractivity contribution in [2.24, 2.45) is 0 Å². The number of methoxy groups -OCH3 is 2. The van der Waals surface area contributed by atoms with E-state index in [4.69, 9.17) is 9.47 Å². The molecule has 0 saturated carbocycles. The van der Waals surface area contributed by atoms with Crippen molar-refractivity contribution < 1.29 is 9.47 Å². The van der Waals surface area contributed by atoms with Gasteiger partial charge in [-0.1, -0.05) is 12.1 Å². The summed E-state index contributed by atoms with van der Waals surface area (Å²) < 4.78 is 13.1. The highest BCUT2D eigenvalue weighted by Gasteiger charge is 2.07. The molecule has 2 nitrogen and oxygen atoms in total. The molecule has 1 heterocycles. The van der Waals surface area contributed by atoms with Crippen LogP contribution in [-0.4, -0.2) is 27.4 Å². The molecular weight excluding hydrogens is 280 g/mol. The molecule has 0 aliphatic heterocycles. The van der Waals surface area contributed by atoms with Crippen molar-refractivity contribution in [2.75, 3.05) is 27.4 Å². The summed E-state index contributed by atoms with van der Waals surface area (Å²) in [6.45, 7) is 1.54. The minimum atomic E-state index is 0.771. The number of benzene rings is 2. The number of thiophene rings is 1. The van der Waals surface area contributed by atoms with Crippen LogP contribution >= 0.6 is 11.3 Å². The van der Waals surface area contributed by atoms with Gasteiger partial charge in [-0.25, -0.2) is 0 Å². The Morgan fingerprint density at radius 3 is 1.67 bits per heavy atom. The van der Waals surface area contributed by atoms with Crippen LogP contribution in [0, 0.1) is 0 Å². The van der Waals surface area contributed by atoms with Crippen LogP contribution in [0.1, 0.15) is 11.1 Å². The molecule has 0 atom stereocenters. The van der Waals surface area contributed by atoms with Crippen LogP contribution in [-0.2, 0) is 22.3 Å². The van der Waals surface area contributed by atoms with E-state index in [1.54, 1.807) is 14.2 Å². The highest BCUT2D eigenvalue weighted by atomic mass is 32.1. The number of hydrogen-bond acceptors (Lipinski definition) is 3. The number of fused-ring (bicyclic) bond motifs is 3. The van der Waals surface area contributed by atoms with E-state index in [0.717, 1.165) is 26.1 Å². The van der Waals surface area contributed by atoms with Crippen molar-refractivity contribution >= 4 is 31.5 Å². The summed E-state index contributed by atoms with van der Waals surface area (Å²) in [4.78, 5) is 0. The maximum atomic E-state index is 5.18. The molecule has 3 aromatic rings. The van der Waals surface area contributed by atoms with E-state index in [1.807, 2.05) is 11.3 Å². The van der Waals surface area contributed by atoms with Crippen LogP contribution in [0.3, 0.4) is 0 Å². The molecule has 3 heteroatoms. The fourth-order valence-corrected chi connectivity index (χ4v) is 3.69. The number of ether oxygens (including phenoxy) is 2. The topological polar surface area (TPSA) is 18.5 Å². The maximum absolute atomic E-state index is 5.18. The van der Waals surface area contributed by atoms with Crippen LogP contribution in [0.25, 0.3) is 20.2 Å². The molecule has 21 heavy (non-hydrogen) atoms. The summed E-state index contributed by atoms with van der Waals surface area (Å²) >= 11 is 1.86. The summed E-state index contributed by atoms with van der Waals surface area (Å²) in [6, 6.07) is 13.5. The van der Waals surface area contributed by atoms with Crippen LogP contribution in [0.4, 0.5) is 0 Å². The molecule has 0 saturated heterocycles. The van der Waals surface area contributed by atoms with Crippen molar-refractivity contribution in [2.45, 2.75) is 12.8 Å². The van der Waals surface area contributed by atoms with Crippen molar-refractivity contribution in [3.8, 4) is 0 Å². The zero-order chi connectivity index (χ0) is 14.7. The van der Waals surface area contributed by atoms with Gasteiger partial charge in [0.05, 0.1) is 13.2 Å². The smallest absolute Gasteiger partial charge is 0.0502 e. The molecule has 0 spiro atoms. The monoisotopic (exact) mass is 300 g/mol. The Kier molecular flexibility index (Phi) is 4.54. The van der Waals surface area contributed by atoms with Gasteiger partial charge in [-0.2, -0.15) is 0 Å². The van der Waals surface area contributed by atoms with Gasteiger partial charge < -0.3 is 9.47 Å². The van der Waals surface area contributed by atoms with Gasteiger partial charge in [-0.05, 0) is 48.2 Å². The van der Waals surface area contributed by atoms with E-state index in [9.17, 15) is 0 Å². The summed E-state index contributed by atoms with van der Waals surface area (Å²) in [6.07, 6.45) is 1.93. The molecule has 110 valence electrons. The highest BCUT2D eigenvalue weighted by molar-refractivity contribution is 7.25. The van der Waals surface area contributed by atoms with Crippen molar-refractivity contribution in [1.29, 1.82) is 0 Å². The maximum Gasteiger partial charge on any atom is 0.0502 e. The van der Waals surface area contributed by atoms with Gasteiger partial charge in [-0.3, -0.25) is 0 Å². The average molecular weight is 300 g/mol. The zero-order valence-electron chi connectivity index (χ0n) is 12.5. The van der Waals surface area contributed by atoms with Gasteiger partial charge in [0.15, 0.2) is 0 Å². The second-order valence-corrected chi connectivity index (χ2v) is 6.33. The minimum Gasteiger partial charge on any atom is -0.384 e. The van der Waals surface area contributed by atoms with Crippen LogP contribution in [0.15, 0.2) is 36.4 Å². The SMILES string of the molecule is COCCc1ccc2sc3ccc(CCOC)cc3c2c1. The minimum absolute atomic E-state index is 0.771. The van der Waals surface area contributed by atoms with Gasteiger partial charge >= 0.3 is 0 Å². The van der Waals surface area contributed by atoms with Gasteiger partial charge in [0.1, 0.15) is 0 Å². The lowest BCUT2D eigenvalue weighted by Crippen LogP contribution is -1.94. The van der Waals surface area contributed by atoms with Gasteiger partial charge in [-0.15, -0.1) is 11.3 Å². The first-order valence-electron chi connectivity index (χ1n) is 7.24. The first-order chi connectivity index (χ1) is 10.3. The molecule has 0 radical (unpaired) electrons. The predicted octanol–water partition coefficient (Wildman–Crippen LogP) is 4.43. The second kappa shape index (κ2) is 6.56. The lowest BCUT2D eigenvalue weighted by Gasteiger charge is -2.02. The lowest BCUT2D eigenvalue weighted by molar-refractivity contribution is 0.202. The molecule has 0 aliphatic carbocycles. The first-order valence-corrected chi connectivity index (χ1v) is 8.05. The van der Waals surface area contributed by atoms with E-state index < -0.39 is 0 Å². The Morgan fingerprint density at radius 1 is 0.762 bits per heavy atom. The van der Waals surface area contributed by atoms with E-state index in [2.05, 4.69) is 36.4 Å². The van der Waals surface area contributed by atoms with Crippen LogP contribution in [0.5, 0.6) is 0 Å². The van der Waals surface area contributed by atoms with Crippen molar-refractivity contribution in [3.63, 3.8) is 0 Å². The fraction of sp³-hybridized carbons (Fsp3) is 0.333.